The van der Waals surface area contributed by atoms with Gasteiger partial charge >= 0.3 is 0 Å². The molecule has 3 heterocycles. The van der Waals surface area contributed by atoms with E-state index in [2.05, 4.69) is 18.3 Å². The Morgan fingerprint density at radius 2 is 1.84 bits per heavy atom. The molecule has 6 rings (SSSR count). The molecular formula is C29H27N5O3. The van der Waals surface area contributed by atoms with E-state index in [1.165, 1.54) is 23.0 Å². The lowest BCUT2D eigenvalue weighted by molar-refractivity contribution is 0.226. The number of nitrogens with two attached hydrogens (primary N) is 1. The van der Waals surface area contributed by atoms with Crippen LogP contribution in [0.5, 0.6) is 0 Å². The SMILES string of the molecule is Cn1cc(-c2cccc(-n3c(C4CN(C#N)C4)cc4cc(C5CC5)ccc4c3=O)c2CO)cc(N)c1=O. The van der Waals surface area contributed by atoms with E-state index in [-0.39, 0.29) is 29.3 Å². The highest BCUT2D eigenvalue weighted by atomic mass is 16.3. The van der Waals surface area contributed by atoms with Crippen molar-refractivity contribution in [2.45, 2.75) is 31.3 Å². The number of rotatable bonds is 5. The van der Waals surface area contributed by atoms with Crippen LogP contribution in [0.15, 0.2) is 64.3 Å². The van der Waals surface area contributed by atoms with Crippen molar-refractivity contribution in [3.8, 4) is 23.0 Å². The van der Waals surface area contributed by atoms with Crippen molar-refractivity contribution in [3.05, 3.63) is 92.3 Å². The third-order valence-electron chi connectivity index (χ3n) is 7.63. The third-order valence-corrected chi connectivity index (χ3v) is 7.63. The first kappa shape index (κ1) is 23.1. The molecule has 0 bridgehead atoms. The second-order valence-corrected chi connectivity index (χ2v) is 10.1. The fraction of sp³-hybridized carbons (Fsp3) is 0.276. The topological polar surface area (TPSA) is 117 Å². The Balaban J connectivity index is 1.59. The number of aryl methyl sites for hydroxylation is 1. The monoisotopic (exact) mass is 493 g/mol. The van der Waals surface area contributed by atoms with E-state index in [4.69, 9.17) is 5.73 Å². The molecular weight excluding hydrogens is 466 g/mol. The average Bonchev–Trinajstić information content (AvgIpc) is 3.71. The highest BCUT2D eigenvalue weighted by Gasteiger charge is 2.32. The molecule has 0 atom stereocenters. The van der Waals surface area contributed by atoms with Crippen LogP contribution in [0.4, 0.5) is 5.69 Å². The molecule has 37 heavy (non-hydrogen) atoms. The third kappa shape index (κ3) is 3.79. The van der Waals surface area contributed by atoms with Crippen molar-refractivity contribution in [2.24, 2.45) is 7.05 Å². The van der Waals surface area contributed by atoms with Crippen LogP contribution in [0.25, 0.3) is 27.6 Å². The maximum absolute atomic E-state index is 14.0. The lowest BCUT2D eigenvalue weighted by Gasteiger charge is -2.36. The van der Waals surface area contributed by atoms with E-state index in [9.17, 15) is 20.0 Å². The molecule has 1 aliphatic carbocycles. The summed E-state index contributed by atoms with van der Waals surface area (Å²) in [7, 11) is 1.63. The van der Waals surface area contributed by atoms with E-state index >= 15 is 0 Å². The van der Waals surface area contributed by atoms with Crippen molar-refractivity contribution in [2.75, 3.05) is 18.8 Å². The second kappa shape index (κ2) is 8.64. The van der Waals surface area contributed by atoms with Gasteiger partial charge < -0.3 is 20.3 Å². The lowest BCUT2D eigenvalue weighted by atomic mass is 9.92. The first-order valence-electron chi connectivity index (χ1n) is 12.4. The molecule has 2 aliphatic rings. The molecule has 4 aromatic rings. The molecule has 0 spiro atoms. The Morgan fingerprint density at radius 3 is 2.51 bits per heavy atom. The van der Waals surface area contributed by atoms with Gasteiger partial charge in [-0.1, -0.05) is 24.3 Å². The average molecular weight is 494 g/mol. The predicted molar refractivity (Wildman–Crippen MR) is 142 cm³/mol. The maximum Gasteiger partial charge on any atom is 0.273 e. The number of nitrogens with zero attached hydrogens (tertiary/aromatic N) is 4. The van der Waals surface area contributed by atoms with Crippen molar-refractivity contribution in [3.63, 3.8) is 0 Å². The lowest BCUT2D eigenvalue weighted by Crippen LogP contribution is -2.43. The molecule has 1 saturated carbocycles. The van der Waals surface area contributed by atoms with Gasteiger partial charge in [-0.3, -0.25) is 14.2 Å². The molecule has 1 aliphatic heterocycles. The highest BCUT2D eigenvalue weighted by molar-refractivity contribution is 5.84. The zero-order chi connectivity index (χ0) is 25.8. The van der Waals surface area contributed by atoms with Gasteiger partial charge in [-0.15, -0.1) is 0 Å². The fourth-order valence-corrected chi connectivity index (χ4v) is 5.43. The number of hydrogen-bond acceptors (Lipinski definition) is 6. The molecule has 8 nitrogen and oxygen atoms in total. The minimum absolute atomic E-state index is 0.00437. The number of aliphatic hydroxyl groups is 1. The largest absolute Gasteiger partial charge is 0.394 e. The summed E-state index contributed by atoms with van der Waals surface area (Å²) in [5.74, 6) is 0.574. The molecule has 0 amide bonds. The second-order valence-electron chi connectivity index (χ2n) is 10.1. The first-order chi connectivity index (χ1) is 17.9. The van der Waals surface area contributed by atoms with Crippen LogP contribution in [0.1, 0.15) is 41.5 Å². The van der Waals surface area contributed by atoms with Crippen LogP contribution >= 0.6 is 0 Å². The summed E-state index contributed by atoms with van der Waals surface area (Å²) in [6.07, 6.45) is 6.21. The van der Waals surface area contributed by atoms with Crippen molar-refractivity contribution in [1.82, 2.24) is 14.0 Å². The van der Waals surface area contributed by atoms with Crippen molar-refractivity contribution in [1.29, 1.82) is 5.26 Å². The van der Waals surface area contributed by atoms with Crippen LogP contribution in [-0.4, -0.2) is 32.2 Å². The standard InChI is InChI=1S/C29H27N5O3/c1-32-12-20(10-25(31)29(32)37)22-3-2-4-26(24(22)15-35)34-27(21-13-33(14-21)16-30)11-19-9-18(17-5-6-17)7-8-23(19)28(34)36/h2-4,7-12,17,21,35H,5-6,13-15,31H2,1H3. The van der Waals surface area contributed by atoms with Gasteiger partial charge in [-0.2, -0.15) is 5.26 Å². The summed E-state index contributed by atoms with van der Waals surface area (Å²) >= 11 is 0. The smallest absolute Gasteiger partial charge is 0.273 e. The zero-order valence-electron chi connectivity index (χ0n) is 20.5. The van der Waals surface area contributed by atoms with Gasteiger partial charge in [0.25, 0.3) is 11.1 Å². The van der Waals surface area contributed by atoms with Gasteiger partial charge in [-0.25, -0.2) is 0 Å². The normalized spacial score (nSPS) is 15.5. The van der Waals surface area contributed by atoms with Gasteiger partial charge in [0.1, 0.15) is 0 Å². The number of nitrogen functional groups attached to an aromatic ring is 1. The molecule has 186 valence electrons. The van der Waals surface area contributed by atoms with Crippen LogP contribution in [-0.2, 0) is 13.7 Å². The number of nitriles is 1. The van der Waals surface area contributed by atoms with Gasteiger partial charge in [-0.05, 0) is 59.5 Å². The number of hydrogen-bond donors (Lipinski definition) is 2. The molecule has 0 unspecified atom stereocenters. The Hall–Kier alpha value is -4.35. The summed E-state index contributed by atoms with van der Waals surface area (Å²) in [5.41, 5.74) is 10.2. The van der Waals surface area contributed by atoms with Gasteiger partial charge in [0.2, 0.25) is 0 Å². The number of aliphatic hydroxyl groups excluding tert-OH is 1. The Bertz CT molecular complexity index is 1690. The maximum atomic E-state index is 14.0. The Morgan fingerprint density at radius 1 is 1.05 bits per heavy atom. The van der Waals surface area contributed by atoms with Gasteiger partial charge in [0.15, 0.2) is 6.19 Å². The van der Waals surface area contributed by atoms with E-state index < -0.39 is 0 Å². The van der Waals surface area contributed by atoms with Gasteiger partial charge in [0, 0.05) is 54.5 Å². The number of pyridine rings is 2. The number of aromatic nitrogens is 2. The van der Waals surface area contributed by atoms with Crippen LogP contribution in [0.2, 0.25) is 0 Å². The summed E-state index contributed by atoms with van der Waals surface area (Å²) in [6.45, 7) is 0.762. The quantitative estimate of drug-likeness (QED) is 0.413. The highest BCUT2D eigenvalue weighted by Crippen LogP contribution is 2.41. The molecule has 2 aromatic carbocycles. The first-order valence-corrected chi connectivity index (χ1v) is 12.4. The van der Waals surface area contributed by atoms with E-state index in [1.54, 1.807) is 28.8 Å². The molecule has 1 saturated heterocycles. The van der Waals surface area contributed by atoms with Gasteiger partial charge in [0.05, 0.1) is 18.0 Å². The zero-order valence-corrected chi connectivity index (χ0v) is 20.5. The number of anilines is 1. The fourth-order valence-electron chi connectivity index (χ4n) is 5.43. The van der Waals surface area contributed by atoms with E-state index in [0.717, 1.165) is 11.1 Å². The summed E-state index contributed by atoms with van der Waals surface area (Å²) in [5, 5.41) is 21.4. The van der Waals surface area contributed by atoms with Crippen molar-refractivity contribution < 1.29 is 5.11 Å². The Labute approximate surface area is 213 Å². The van der Waals surface area contributed by atoms with Crippen molar-refractivity contribution >= 4 is 16.5 Å². The minimum Gasteiger partial charge on any atom is -0.394 e. The summed E-state index contributed by atoms with van der Waals surface area (Å²) < 4.78 is 3.10. The van der Waals surface area contributed by atoms with Crippen LogP contribution in [0, 0.1) is 11.5 Å². The molecule has 3 N–H and O–H groups in total. The molecule has 8 heteroatoms. The Kier molecular flexibility index (Phi) is 5.39. The van der Waals surface area contributed by atoms with Crippen LogP contribution < -0.4 is 16.9 Å². The molecule has 0 radical (unpaired) electrons. The van der Waals surface area contributed by atoms with E-state index in [1.807, 2.05) is 30.3 Å². The predicted octanol–water partition coefficient (Wildman–Crippen LogP) is 3.19. The summed E-state index contributed by atoms with van der Waals surface area (Å²) in [6, 6.07) is 15.3. The minimum atomic E-state index is -0.312. The summed E-state index contributed by atoms with van der Waals surface area (Å²) in [4.78, 5) is 27.9. The molecule has 2 aromatic heterocycles. The number of fused-ring (bicyclic) bond motifs is 1. The number of benzene rings is 2. The number of likely N-dealkylation sites (tertiary alicyclic amines) is 1. The van der Waals surface area contributed by atoms with E-state index in [0.29, 0.717) is 46.8 Å². The molecule has 2 fully saturated rings. The van der Waals surface area contributed by atoms with Crippen LogP contribution in [0.3, 0.4) is 0 Å².